The quantitative estimate of drug-likeness (QED) is 0.926. The maximum absolute atomic E-state index is 13.1. The van der Waals surface area contributed by atoms with Crippen molar-refractivity contribution in [2.45, 2.75) is 37.6 Å². The van der Waals surface area contributed by atoms with Crippen LogP contribution in [0.3, 0.4) is 0 Å². The van der Waals surface area contributed by atoms with Crippen LogP contribution in [0.4, 0.5) is 14.6 Å². The van der Waals surface area contributed by atoms with Crippen LogP contribution in [0.1, 0.15) is 36.0 Å². The van der Waals surface area contributed by atoms with Gasteiger partial charge in [0.1, 0.15) is 5.82 Å². The number of nitrogens with one attached hydrogen (secondary N) is 1. The molecule has 0 radical (unpaired) electrons. The number of carbonyl (C=O) groups is 1. The molecular weight excluding hydrogens is 264 g/mol. The van der Waals surface area contributed by atoms with Crippen LogP contribution in [0.25, 0.3) is 0 Å². The van der Waals surface area contributed by atoms with Crippen molar-refractivity contribution < 1.29 is 13.6 Å². The summed E-state index contributed by atoms with van der Waals surface area (Å²) in [5, 5.41) is 3.24. The highest BCUT2D eigenvalue weighted by molar-refractivity contribution is 5.94. The van der Waals surface area contributed by atoms with Crippen molar-refractivity contribution in [3.05, 3.63) is 23.9 Å². The first-order chi connectivity index (χ1) is 9.53. The molecule has 4 nitrogen and oxygen atoms in total. The monoisotopic (exact) mass is 281 g/mol. The second-order valence-corrected chi connectivity index (χ2v) is 5.50. The van der Waals surface area contributed by atoms with Gasteiger partial charge in [-0.05, 0) is 25.0 Å². The Morgan fingerprint density at radius 3 is 2.55 bits per heavy atom. The maximum Gasteiger partial charge on any atom is 0.255 e. The van der Waals surface area contributed by atoms with E-state index >= 15 is 0 Å². The highest BCUT2D eigenvalue weighted by atomic mass is 19.3. The van der Waals surface area contributed by atoms with E-state index in [1.54, 1.807) is 12.1 Å². The molecule has 1 N–H and O–H groups in total. The Bertz CT molecular complexity index is 490. The number of aromatic nitrogens is 1. The Morgan fingerprint density at radius 2 is 2.00 bits per heavy atom. The Hall–Kier alpha value is -1.72. The van der Waals surface area contributed by atoms with E-state index in [1.165, 1.54) is 11.1 Å². The summed E-state index contributed by atoms with van der Waals surface area (Å²) in [6.07, 6.45) is 3.31. The number of nitrogens with zero attached hydrogens (tertiary/aromatic N) is 2. The second kappa shape index (κ2) is 5.00. The smallest absolute Gasteiger partial charge is 0.255 e. The van der Waals surface area contributed by atoms with Gasteiger partial charge in [0, 0.05) is 38.2 Å². The third-order valence-corrected chi connectivity index (χ3v) is 3.72. The normalized spacial score (nSPS) is 21.6. The van der Waals surface area contributed by atoms with Gasteiger partial charge in [0.25, 0.3) is 11.8 Å². The van der Waals surface area contributed by atoms with Gasteiger partial charge in [-0.25, -0.2) is 13.8 Å². The van der Waals surface area contributed by atoms with Gasteiger partial charge in [-0.15, -0.1) is 0 Å². The first-order valence-corrected chi connectivity index (χ1v) is 6.93. The lowest BCUT2D eigenvalue weighted by molar-refractivity contribution is -0.0494. The maximum atomic E-state index is 13.1. The number of hydrogen-bond donors (Lipinski definition) is 1. The SMILES string of the molecule is O=C(c1ccc(NC2CC2)nc1)N1CCC(F)(F)CC1. The number of likely N-dealkylation sites (tertiary alicyclic amines) is 1. The van der Waals surface area contributed by atoms with E-state index in [4.69, 9.17) is 0 Å². The number of hydrogen-bond acceptors (Lipinski definition) is 3. The molecule has 0 spiro atoms. The van der Waals surface area contributed by atoms with Gasteiger partial charge in [0.05, 0.1) is 5.56 Å². The van der Waals surface area contributed by atoms with Crippen molar-refractivity contribution in [2.24, 2.45) is 0 Å². The largest absolute Gasteiger partial charge is 0.367 e. The summed E-state index contributed by atoms with van der Waals surface area (Å²) >= 11 is 0. The van der Waals surface area contributed by atoms with Crippen molar-refractivity contribution in [3.63, 3.8) is 0 Å². The second-order valence-electron chi connectivity index (χ2n) is 5.50. The zero-order chi connectivity index (χ0) is 14.2. The molecule has 108 valence electrons. The lowest BCUT2D eigenvalue weighted by atomic mass is 10.1. The standard InChI is InChI=1S/C14H17F2N3O/c15-14(16)5-7-19(8-6-14)13(20)10-1-4-12(17-9-10)18-11-2-3-11/h1,4,9,11H,2-3,5-8H2,(H,17,18). The molecule has 1 saturated carbocycles. The molecule has 20 heavy (non-hydrogen) atoms. The molecule has 1 aliphatic carbocycles. The molecule has 2 heterocycles. The van der Waals surface area contributed by atoms with Crippen LogP contribution in [0, 0.1) is 0 Å². The molecule has 0 aromatic carbocycles. The first-order valence-electron chi connectivity index (χ1n) is 6.93. The molecule has 1 aliphatic heterocycles. The molecule has 2 aliphatic rings. The molecule has 1 aromatic rings. The number of carbonyl (C=O) groups excluding carboxylic acids is 1. The van der Waals surface area contributed by atoms with E-state index < -0.39 is 5.92 Å². The number of amides is 1. The van der Waals surface area contributed by atoms with E-state index in [2.05, 4.69) is 10.3 Å². The van der Waals surface area contributed by atoms with E-state index in [9.17, 15) is 13.6 Å². The number of alkyl halides is 2. The fourth-order valence-electron chi connectivity index (χ4n) is 2.26. The van der Waals surface area contributed by atoms with Gasteiger partial charge in [-0.3, -0.25) is 4.79 Å². The highest BCUT2D eigenvalue weighted by Gasteiger charge is 2.35. The summed E-state index contributed by atoms with van der Waals surface area (Å²) in [4.78, 5) is 17.8. The zero-order valence-electron chi connectivity index (χ0n) is 11.1. The van der Waals surface area contributed by atoms with Gasteiger partial charge in [-0.1, -0.05) is 0 Å². The van der Waals surface area contributed by atoms with E-state index in [-0.39, 0.29) is 31.8 Å². The predicted octanol–water partition coefficient (Wildman–Crippen LogP) is 2.53. The number of rotatable bonds is 3. The Morgan fingerprint density at radius 1 is 1.30 bits per heavy atom. The topological polar surface area (TPSA) is 45.2 Å². The third-order valence-electron chi connectivity index (χ3n) is 3.72. The van der Waals surface area contributed by atoms with Crippen LogP contribution in [-0.4, -0.2) is 40.8 Å². The molecule has 0 bridgehead atoms. The third kappa shape index (κ3) is 3.05. The average Bonchev–Trinajstić information content (AvgIpc) is 3.23. The number of piperidine rings is 1. The van der Waals surface area contributed by atoms with Crippen LogP contribution in [0.5, 0.6) is 0 Å². The predicted molar refractivity (Wildman–Crippen MR) is 71.0 cm³/mol. The molecule has 3 rings (SSSR count). The van der Waals surface area contributed by atoms with Gasteiger partial charge in [0.15, 0.2) is 0 Å². The summed E-state index contributed by atoms with van der Waals surface area (Å²) in [6.45, 7) is 0.210. The summed E-state index contributed by atoms with van der Waals surface area (Å²) < 4.78 is 26.1. The van der Waals surface area contributed by atoms with Crippen molar-refractivity contribution in [1.29, 1.82) is 0 Å². The Labute approximate surface area is 116 Å². The Kier molecular flexibility index (Phi) is 3.31. The summed E-state index contributed by atoms with van der Waals surface area (Å²) in [6, 6.07) is 3.98. The molecule has 1 saturated heterocycles. The summed E-state index contributed by atoms with van der Waals surface area (Å²) in [5.74, 6) is -2.09. The number of anilines is 1. The van der Waals surface area contributed by atoms with Crippen molar-refractivity contribution in [1.82, 2.24) is 9.88 Å². The van der Waals surface area contributed by atoms with E-state index in [0.717, 1.165) is 18.7 Å². The fraction of sp³-hybridized carbons (Fsp3) is 0.571. The van der Waals surface area contributed by atoms with Crippen molar-refractivity contribution >= 4 is 11.7 Å². The van der Waals surface area contributed by atoms with Gasteiger partial charge in [0.2, 0.25) is 0 Å². The van der Waals surface area contributed by atoms with Crippen LogP contribution in [0.15, 0.2) is 18.3 Å². The lowest BCUT2D eigenvalue weighted by Crippen LogP contribution is -2.42. The molecule has 0 unspecified atom stereocenters. The van der Waals surface area contributed by atoms with E-state index in [0.29, 0.717) is 11.6 Å². The first kappa shape index (κ1) is 13.3. The minimum Gasteiger partial charge on any atom is -0.367 e. The number of halogens is 2. The lowest BCUT2D eigenvalue weighted by Gasteiger charge is -2.31. The number of pyridine rings is 1. The summed E-state index contributed by atoms with van der Waals surface area (Å²) in [7, 11) is 0. The average molecular weight is 281 g/mol. The van der Waals surface area contributed by atoms with Gasteiger partial charge >= 0.3 is 0 Å². The molecule has 6 heteroatoms. The van der Waals surface area contributed by atoms with Crippen LogP contribution in [0.2, 0.25) is 0 Å². The molecule has 2 fully saturated rings. The Balaban J connectivity index is 1.61. The fourth-order valence-corrected chi connectivity index (χ4v) is 2.26. The minimum atomic E-state index is -2.63. The molecular formula is C14H17F2N3O. The molecule has 0 atom stereocenters. The molecule has 1 aromatic heterocycles. The van der Waals surface area contributed by atoms with Crippen LogP contribution < -0.4 is 5.32 Å². The highest BCUT2D eigenvalue weighted by Crippen LogP contribution is 2.28. The van der Waals surface area contributed by atoms with Gasteiger partial charge < -0.3 is 10.2 Å². The van der Waals surface area contributed by atoms with Crippen molar-refractivity contribution in [2.75, 3.05) is 18.4 Å². The molecule has 1 amide bonds. The zero-order valence-corrected chi connectivity index (χ0v) is 11.1. The minimum absolute atomic E-state index is 0.105. The summed E-state index contributed by atoms with van der Waals surface area (Å²) in [5.41, 5.74) is 0.455. The van der Waals surface area contributed by atoms with Crippen LogP contribution >= 0.6 is 0 Å². The van der Waals surface area contributed by atoms with Gasteiger partial charge in [-0.2, -0.15) is 0 Å². The van der Waals surface area contributed by atoms with Crippen molar-refractivity contribution in [3.8, 4) is 0 Å². The van der Waals surface area contributed by atoms with Crippen LogP contribution in [-0.2, 0) is 0 Å². The van der Waals surface area contributed by atoms with E-state index in [1.807, 2.05) is 0 Å².